The predicted octanol–water partition coefficient (Wildman–Crippen LogP) is 2.03. The minimum atomic E-state index is -0.592. The minimum absolute atomic E-state index is 0.0857. The van der Waals surface area contributed by atoms with Crippen molar-refractivity contribution in [3.05, 3.63) is 29.8 Å². The molecule has 0 radical (unpaired) electrons. The van der Waals surface area contributed by atoms with Crippen LogP contribution in [0.1, 0.15) is 25.8 Å². The first-order chi connectivity index (χ1) is 9.38. The van der Waals surface area contributed by atoms with E-state index < -0.39 is 5.54 Å². The fourth-order valence-electron chi connectivity index (χ4n) is 1.79. The molecule has 5 heteroatoms. The zero-order valence-electron chi connectivity index (χ0n) is 12.7. The van der Waals surface area contributed by atoms with Gasteiger partial charge in [-0.3, -0.25) is 0 Å². The number of hydrogen-bond acceptors (Lipinski definition) is 3. The number of carbonyl (C=O) groups is 1. The highest BCUT2D eigenvalue weighted by Crippen LogP contribution is 2.13. The molecule has 0 bridgehead atoms. The van der Waals surface area contributed by atoms with Crippen LogP contribution in [-0.4, -0.2) is 42.3 Å². The predicted molar refractivity (Wildman–Crippen MR) is 81.8 cm³/mol. The van der Waals surface area contributed by atoms with Crippen LogP contribution in [0.3, 0.4) is 0 Å². The maximum atomic E-state index is 11.9. The van der Waals surface area contributed by atoms with Crippen molar-refractivity contribution in [3.8, 4) is 0 Å². The number of nitrogens with zero attached hydrogens (tertiary/aromatic N) is 1. The SMILES string of the molecule is CCC(C)(CO)NC(=O)Nc1cccc(CN(C)C)c1. The third-order valence-electron chi connectivity index (χ3n) is 3.23. The van der Waals surface area contributed by atoms with Gasteiger partial charge in [0.1, 0.15) is 0 Å². The molecule has 0 spiro atoms. The number of aliphatic hydroxyl groups is 1. The number of amides is 2. The zero-order valence-corrected chi connectivity index (χ0v) is 12.7. The molecule has 0 aromatic heterocycles. The first kappa shape index (κ1) is 16.5. The Hall–Kier alpha value is -1.59. The van der Waals surface area contributed by atoms with Crippen LogP contribution in [0.4, 0.5) is 10.5 Å². The van der Waals surface area contributed by atoms with Gasteiger partial charge in [0.15, 0.2) is 0 Å². The van der Waals surface area contributed by atoms with Crippen LogP contribution in [0.25, 0.3) is 0 Å². The van der Waals surface area contributed by atoms with Crippen molar-refractivity contribution < 1.29 is 9.90 Å². The summed E-state index contributed by atoms with van der Waals surface area (Å²) in [5.41, 5.74) is 1.29. The summed E-state index contributed by atoms with van der Waals surface area (Å²) in [5, 5.41) is 14.9. The lowest BCUT2D eigenvalue weighted by molar-refractivity contribution is 0.172. The summed E-state index contributed by atoms with van der Waals surface area (Å²) in [6.07, 6.45) is 0.664. The Morgan fingerprint density at radius 2 is 2.10 bits per heavy atom. The maximum Gasteiger partial charge on any atom is 0.319 e. The topological polar surface area (TPSA) is 64.6 Å². The second-order valence-electron chi connectivity index (χ2n) is 5.59. The molecule has 1 aromatic carbocycles. The lowest BCUT2D eigenvalue weighted by Crippen LogP contribution is -2.50. The lowest BCUT2D eigenvalue weighted by Gasteiger charge is -2.27. The molecule has 3 N–H and O–H groups in total. The van der Waals surface area contributed by atoms with Gasteiger partial charge in [-0.05, 0) is 45.1 Å². The number of benzene rings is 1. The van der Waals surface area contributed by atoms with Crippen molar-refractivity contribution >= 4 is 11.7 Å². The van der Waals surface area contributed by atoms with E-state index in [0.717, 1.165) is 17.8 Å². The molecule has 0 saturated carbocycles. The van der Waals surface area contributed by atoms with E-state index in [9.17, 15) is 9.90 Å². The minimum Gasteiger partial charge on any atom is -0.394 e. The van der Waals surface area contributed by atoms with Gasteiger partial charge in [-0.1, -0.05) is 19.1 Å². The Labute approximate surface area is 121 Å². The monoisotopic (exact) mass is 279 g/mol. The molecule has 0 aliphatic carbocycles. The molecule has 0 aliphatic rings. The number of rotatable bonds is 6. The van der Waals surface area contributed by atoms with Crippen LogP contribution in [0, 0.1) is 0 Å². The van der Waals surface area contributed by atoms with Gasteiger partial charge in [-0.25, -0.2) is 4.79 Å². The average Bonchev–Trinajstić information content (AvgIpc) is 2.38. The molecule has 0 aliphatic heterocycles. The van der Waals surface area contributed by atoms with Gasteiger partial charge >= 0.3 is 6.03 Å². The second kappa shape index (κ2) is 7.26. The second-order valence-corrected chi connectivity index (χ2v) is 5.59. The van der Waals surface area contributed by atoms with E-state index in [0.29, 0.717) is 6.42 Å². The fraction of sp³-hybridized carbons (Fsp3) is 0.533. The normalized spacial score (nSPS) is 13.9. The van der Waals surface area contributed by atoms with E-state index >= 15 is 0 Å². The first-order valence-corrected chi connectivity index (χ1v) is 6.82. The smallest absolute Gasteiger partial charge is 0.319 e. The van der Waals surface area contributed by atoms with Crippen molar-refractivity contribution in [2.75, 3.05) is 26.0 Å². The van der Waals surface area contributed by atoms with Crippen LogP contribution in [0.15, 0.2) is 24.3 Å². The van der Waals surface area contributed by atoms with E-state index in [2.05, 4.69) is 15.5 Å². The van der Waals surface area contributed by atoms with E-state index in [1.54, 1.807) is 0 Å². The Balaban J connectivity index is 2.66. The van der Waals surface area contributed by atoms with Gasteiger partial charge in [-0.15, -0.1) is 0 Å². The largest absolute Gasteiger partial charge is 0.394 e. The molecule has 20 heavy (non-hydrogen) atoms. The number of nitrogens with one attached hydrogen (secondary N) is 2. The summed E-state index contributed by atoms with van der Waals surface area (Å²) in [6, 6.07) is 7.43. The zero-order chi connectivity index (χ0) is 15.2. The maximum absolute atomic E-state index is 11.9. The molecule has 2 amide bonds. The molecule has 1 aromatic rings. The fourth-order valence-corrected chi connectivity index (χ4v) is 1.79. The van der Waals surface area contributed by atoms with Gasteiger partial charge in [0, 0.05) is 12.2 Å². The molecule has 0 fully saturated rings. The Bertz CT molecular complexity index is 442. The molecule has 5 nitrogen and oxygen atoms in total. The highest BCUT2D eigenvalue weighted by molar-refractivity contribution is 5.89. The molecule has 112 valence electrons. The molecule has 0 saturated heterocycles. The van der Waals surface area contributed by atoms with Crippen LogP contribution in [0.5, 0.6) is 0 Å². The molecular formula is C15H25N3O2. The number of hydrogen-bond donors (Lipinski definition) is 3. The summed E-state index contributed by atoms with van der Waals surface area (Å²) in [4.78, 5) is 14.0. The summed E-state index contributed by atoms with van der Waals surface area (Å²) < 4.78 is 0. The van der Waals surface area contributed by atoms with Crippen molar-refractivity contribution in [1.29, 1.82) is 0 Å². The first-order valence-electron chi connectivity index (χ1n) is 6.82. The number of aliphatic hydroxyl groups excluding tert-OH is 1. The van der Waals surface area contributed by atoms with Crippen LogP contribution < -0.4 is 10.6 Å². The van der Waals surface area contributed by atoms with E-state index in [1.165, 1.54) is 0 Å². The van der Waals surface area contributed by atoms with Crippen molar-refractivity contribution in [3.63, 3.8) is 0 Å². The van der Waals surface area contributed by atoms with Crippen LogP contribution in [0.2, 0.25) is 0 Å². The molecule has 0 heterocycles. The van der Waals surface area contributed by atoms with Gasteiger partial charge in [0.05, 0.1) is 12.1 Å². The summed E-state index contributed by atoms with van der Waals surface area (Å²) in [5.74, 6) is 0. The molecule has 1 rings (SSSR count). The number of carbonyl (C=O) groups excluding carboxylic acids is 1. The molecule has 1 atom stereocenters. The number of anilines is 1. The Morgan fingerprint density at radius 3 is 2.65 bits per heavy atom. The summed E-state index contributed by atoms with van der Waals surface area (Å²) in [7, 11) is 4.00. The van der Waals surface area contributed by atoms with Crippen molar-refractivity contribution in [2.24, 2.45) is 0 Å². The van der Waals surface area contributed by atoms with E-state index in [1.807, 2.05) is 52.2 Å². The average molecular weight is 279 g/mol. The third-order valence-corrected chi connectivity index (χ3v) is 3.23. The quantitative estimate of drug-likeness (QED) is 0.746. The summed E-state index contributed by atoms with van der Waals surface area (Å²) >= 11 is 0. The van der Waals surface area contributed by atoms with Crippen molar-refractivity contribution in [1.82, 2.24) is 10.2 Å². The Kier molecular flexibility index (Phi) is 5.98. The van der Waals surface area contributed by atoms with Gasteiger partial charge in [0.2, 0.25) is 0 Å². The molecular weight excluding hydrogens is 254 g/mol. The van der Waals surface area contributed by atoms with Gasteiger partial charge < -0.3 is 20.6 Å². The molecule has 1 unspecified atom stereocenters. The van der Waals surface area contributed by atoms with Crippen LogP contribution >= 0.6 is 0 Å². The summed E-state index contributed by atoms with van der Waals surface area (Å²) in [6.45, 7) is 4.47. The highest BCUT2D eigenvalue weighted by Gasteiger charge is 2.23. The van der Waals surface area contributed by atoms with Gasteiger partial charge in [0.25, 0.3) is 0 Å². The standard InChI is InChI=1S/C15H25N3O2/c1-5-15(2,11-19)17-14(20)16-13-8-6-7-12(9-13)10-18(3)4/h6-9,19H,5,10-11H2,1-4H3,(H2,16,17,20). The van der Waals surface area contributed by atoms with Crippen LogP contribution in [-0.2, 0) is 6.54 Å². The lowest BCUT2D eigenvalue weighted by atomic mass is 10.0. The van der Waals surface area contributed by atoms with Gasteiger partial charge in [-0.2, -0.15) is 0 Å². The van der Waals surface area contributed by atoms with Crippen molar-refractivity contribution in [2.45, 2.75) is 32.4 Å². The third kappa shape index (κ3) is 5.19. The van der Waals surface area contributed by atoms with E-state index in [-0.39, 0.29) is 12.6 Å². The Morgan fingerprint density at radius 1 is 1.40 bits per heavy atom. The highest BCUT2D eigenvalue weighted by atomic mass is 16.3. The van der Waals surface area contributed by atoms with E-state index in [4.69, 9.17) is 0 Å². The number of urea groups is 1.